The van der Waals surface area contributed by atoms with Crippen LogP contribution < -0.4 is 10.1 Å². The van der Waals surface area contributed by atoms with E-state index in [4.69, 9.17) is 9.84 Å². The number of carboxylic acid groups (broad SMARTS) is 1. The third-order valence-electron chi connectivity index (χ3n) is 3.80. The zero-order chi connectivity index (χ0) is 16.8. The number of carboxylic acids is 1. The van der Waals surface area contributed by atoms with Crippen molar-refractivity contribution in [2.24, 2.45) is 5.92 Å². The highest BCUT2D eigenvalue weighted by molar-refractivity contribution is 5.76. The molecule has 0 spiro atoms. The lowest BCUT2D eigenvalue weighted by atomic mass is 9.99. The highest BCUT2D eigenvalue weighted by Crippen LogP contribution is 2.17. The molecule has 2 N–H and O–H groups in total. The van der Waals surface area contributed by atoms with Gasteiger partial charge in [-0.15, -0.1) is 0 Å². The van der Waals surface area contributed by atoms with E-state index in [1.54, 1.807) is 4.90 Å². The number of aliphatic carboxylic acids is 1. The molecule has 126 valence electrons. The lowest BCUT2D eigenvalue weighted by Gasteiger charge is -2.30. The van der Waals surface area contributed by atoms with Gasteiger partial charge in [0.1, 0.15) is 5.75 Å². The van der Waals surface area contributed by atoms with E-state index in [9.17, 15) is 9.59 Å². The fourth-order valence-corrected chi connectivity index (χ4v) is 2.61. The van der Waals surface area contributed by atoms with Crippen LogP contribution in [0, 0.1) is 5.92 Å². The van der Waals surface area contributed by atoms with Crippen molar-refractivity contribution < 1.29 is 19.4 Å². The summed E-state index contributed by atoms with van der Waals surface area (Å²) < 4.78 is 5.57. The van der Waals surface area contributed by atoms with Crippen molar-refractivity contribution in [2.75, 3.05) is 13.1 Å². The number of piperidine rings is 1. The quantitative estimate of drug-likeness (QED) is 0.873. The third-order valence-corrected chi connectivity index (χ3v) is 3.80. The molecule has 23 heavy (non-hydrogen) atoms. The van der Waals surface area contributed by atoms with Gasteiger partial charge in [0, 0.05) is 19.6 Å². The number of ether oxygens (including phenoxy) is 1. The first-order chi connectivity index (χ1) is 11.0. The minimum atomic E-state index is -0.830. The number of likely N-dealkylation sites (tertiary alicyclic amines) is 1. The summed E-state index contributed by atoms with van der Waals surface area (Å²) in [7, 11) is 0. The number of hydrogen-bond acceptors (Lipinski definition) is 3. The van der Waals surface area contributed by atoms with Crippen LogP contribution in [0.2, 0.25) is 0 Å². The van der Waals surface area contributed by atoms with Gasteiger partial charge in [-0.1, -0.05) is 12.1 Å². The van der Waals surface area contributed by atoms with Crippen molar-refractivity contribution in [2.45, 2.75) is 39.3 Å². The second-order valence-corrected chi connectivity index (χ2v) is 6.09. The van der Waals surface area contributed by atoms with Crippen LogP contribution in [0.4, 0.5) is 4.79 Å². The van der Waals surface area contributed by atoms with E-state index >= 15 is 0 Å². The van der Waals surface area contributed by atoms with Crippen molar-refractivity contribution in [3.05, 3.63) is 29.8 Å². The lowest BCUT2D eigenvalue weighted by molar-refractivity contribution is -0.143. The predicted molar refractivity (Wildman–Crippen MR) is 86.4 cm³/mol. The number of benzene rings is 1. The van der Waals surface area contributed by atoms with Gasteiger partial charge in [0.25, 0.3) is 0 Å². The van der Waals surface area contributed by atoms with Crippen LogP contribution >= 0.6 is 0 Å². The smallest absolute Gasteiger partial charge is 0.317 e. The Morgan fingerprint density at radius 2 is 2.04 bits per heavy atom. The van der Waals surface area contributed by atoms with Gasteiger partial charge in [-0.25, -0.2) is 4.79 Å². The number of amides is 2. The lowest BCUT2D eigenvalue weighted by Crippen LogP contribution is -2.46. The fraction of sp³-hybridized carbons (Fsp3) is 0.529. The van der Waals surface area contributed by atoms with Crippen LogP contribution in [0.3, 0.4) is 0 Å². The molecule has 0 saturated carbocycles. The summed E-state index contributed by atoms with van der Waals surface area (Å²) in [4.78, 5) is 24.8. The van der Waals surface area contributed by atoms with Gasteiger partial charge in [-0.3, -0.25) is 4.79 Å². The third kappa shape index (κ3) is 5.16. The van der Waals surface area contributed by atoms with Crippen LogP contribution in [-0.2, 0) is 11.3 Å². The fourth-order valence-electron chi connectivity index (χ4n) is 2.61. The molecule has 2 rings (SSSR count). The Labute approximate surface area is 136 Å². The number of nitrogens with one attached hydrogen (secondary N) is 1. The number of hydrogen-bond donors (Lipinski definition) is 2. The molecular weight excluding hydrogens is 296 g/mol. The number of nitrogens with zero attached hydrogens (tertiary/aromatic N) is 1. The van der Waals surface area contributed by atoms with E-state index in [1.165, 1.54) is 0 Å². The number of carbonyl (C=O) groups excluding carboxylic acids is 1. The molecular formula is C17H24N2O4. The van der Waals surface area contributed by atoms with Gasteiger partial charge in [0.15, 0.2) is 0 Å². The highest BCUT2D eigenvalue weighted by Gasteiger charge is 2.27. The zero-order valence-corrected chi connectivity index (χ0v) is 13.6. The summed E-state index contributed by atoms with van der Waals surface area (Å²) in [5.41, 5.74) is 0.973. The standard InChI is InChI=1S/C17H24N2O4/c1-12(2)23-15-7-5-13(6-8-15)10-18-17(22)19-9-3-4-14(11-19)16(20)21/h5-8,12,14H,3-4,9-11H2,1-2H3,(H,18,22)(H,20,21). The van der Waals surface area contributed by atoms with Crippen molar-refractivity contribution in [3.63, 3.8) is 0 Å². The second-order valence-electron chi connectivity index (χ2n) is 6.09. The first-order valence-electron chi connectivity index (χ1n) is 7.97. The van der Waals surface area contributed by atoms with Crippen LogP contribution in [0.25, 0.3) is 0 Å². The minimum Gasteiger partial charge on any atom is -0.491 e. The molecule has 0 aromatic heterocycles. The largest absolute Gasteiger partial charge is 0.491 e. The maximum Gasteiger partial charge on any atom is 0.317 e. The van der Waals surface area contributed by atoms with Gasteiger partial charge in [-0.2, -0.15) is 0 Å². The maximum absolute atomic E-state index is 12.1. The highest BCUT2D eigenvalue weighted by atomic mass is 16.5. The Bertz CT molecular complexity index is 542. The number of urea groups is 1. The van der Waals surface area contributed by atoms with Gasteiger partial charge in [-0.05, 0) is 44.4 Å². The van der Waals surface area contributed by atoms with Crippen LogP contribution in [0.5, 0.6) is 5.75 Å². The summed E-state index contributed by atoms with van der Waals surface area (Å²) in [5.74, 6) is -0.486. The molecule has 1 atom stereocenters. The number of rotatable bonds is 5. The summed E-state index contributed by atoms with van der Waals surface area (Å²) in [6.45, 7) is 5.24. The van der Waals surface area contributed by atoms with E-state index in [-0.39, 0.29) is 18.7 Å². The molecule has 0 aliphatic carbocycles. The van der Waals surface area contributed by atoms with Gasteiger partial charge in [0.05, 0.1) is 12.0 Å². The molecule has 0 bridgehead atoms. The molecule has 1 aliphatic heterocycles. The summed E-state index contributed by atoms with van der Waals surface area (Å²) in [5, 5.41) is 11.9. The molecule has 2 amide bonds. The van der Waals surface area contributed by atoms with Crippen LogP contribution in [-0.4, -0.2) is 41.2 Å². The van der Waals surface area contributed by atoms with Crippen molar-refractivity contribution in [1.82, 2.24) is 10.2 Å². The average molecular weight is 320 g/mol. The Balaban J connectivity index is 1.83. The number of carbonyl (C=O) groups is 2. The van der Waals surface area contributed by atoms with E-state index in [2.05, 4.69) is 5.32 Å². The molecule has 1 fully saturated rings. The Hall–Kier alpha value is -2.24. The topological polar surface area (TPSA) is 78.9 Å². The SMILES string of the molecule is CC(C)Oc1ccc(CNC(=O)N2CCCC(C(=O)O)C2)cc1. The summed E-state index contributed by atoms with van der Waals surface area (Å²) in [6.07, 6.45) is 1.49. The maximum atomic E-state index is 12.1. The van der Waals surface area contributed by atoms with Crippen LogP contribution in [0.15, 0.2) is 24.3 Å². The Morgan fingerprint density at radius 1 is 1.35 bits per heavy atom. The molecule has 1 aromatic rings. The average Bonchev–Trinajstić information content (AvgIpc) is 2.53. The van der Waals surface area contributed by atoms with Gasteiger partial charge in [0.2, 0.25) is 0 Å². The minimum absolute atomic E-state index is 0.127. The molecule has 1 aliphatic rings. The van der Waals surface area contributed by atoms with E-state index in [1.807, 2.05) is 38.1 Å². The molecule has 1 aromatic carbocycles. The monoisotopic (exact) mass is 320 g/mol. The first kappa shape index (κ1) is 17.1. The van der Waals surface area contributed by atoms with Crippen molar-refractivity contribution >= 4 is 12.0 Å². The van der Waals surface area contributed by atoms with Crippen molar-refractivity contribution in [3.8, 4) is 5.75 Å². The first-order valence-corrected chi connectivity index (χ1v) is 7.97. The molecule has 1 heterocycles. The summed E-state index contributed by atoms with van der Waals surface area (Å²) in [6, 6.07) is 7.37. The van der Waals surface area contributed by atoms with Gasteiger partial charge >= 0.3 is 12.0 Å². The molecule has 6 heteroatoms. The normalized spacial score (nSPS) is 17.9. The molecule has 1 unspecified atom stereocenters. The Kier molecular flexibility index (Phi) is 5.84. The molecule has 1 saturated heterocycles. The van der Waals surface area contributed by atoms with E-state index in [0.717, 1.165) is 17.7 Å². The predicted octanol–water partition coefficient (Wildman–Crippen LogP) is 2.48. The van der Waals surface area contributed by atoms with E-state index in [0.29, 0.717) is 19.5 Å². The molecule has 0 radical (unpaired) electrons. The van der Waals surface area contributed by atoms with E-state index < -0.39 is 11.9 Å². The van der Waals surface area contributed by atoms with Crippen molar-refractivity contribution in [1.29, 1.82) is 0 Å². The Morgan fingerprint density at radius 3 is 2.65 bits per heavy atom. The van der Waals surface area contributed by atoms with Gasteiger partial charge < -0.3 is 20.1 Å². The molecule has 6 nitrogen and oxygen atoms in total. The van der Waals surface area contributed by atoms with Crippen LogP contribution in [0.1, 0.15) is 32.3 Å². The summed E-state index contributed by atoms with van der Waals surface area (Å²) >= 11 is 0. The zero-order valence-electron chi connectivity index (χ0n) is 13.6. The second kappa shape index (κ2) is 7.85.